The summed E-state index contributed by atoms with van der Waals surface area (Å²) in [5.41, 5.74) is 1.05. The zero-order chi connectivity index (χ0) is 12.3. The molecule has 1 heterocycles. The highest BCUT2D eigenvalue weighted by Crippen LogP contribution is 2.20. The van der Waals surface area contributed by atoms with E-state index in [0.29, 0.717) is 6.04 Å². The summed E-state index contributed by atoms with van der Waals surface area (Å²) in [4.78, 5) is 16.1. The third kappa shape index (κ3) is 3.06. The van der Waals surface area contributed by atoms with Gasteiger partial charge in [-0.2, -0.15) is 0 Å². The number of aromatic nitrogens is 2. The molecule has 0 radical (unpaired) electrons. The van der Waals surface area contributed by atoms with Crippen LogP contribution in [0.3, 0.4) is 0 Å². The van der Waals surface area contributed by atoms with E-state index in [4.69, 9.17) is 0 Å². The van der Waals surface area contributed by atoms with Gasteiger partial charge in [0.1, 0.15) is 6.04 Å². The van der Waals surface area contributed by atoms with E-state index in [1.54, 1.807) is 6.33 Å². The minimum atomic E-state index is -0.188. The van der Waals surface area contributed by atoms with Crippen molar-refractivity contribution in [2.24, 2.45) is 0 Å². The predicted molar refractivity (Wildman–Crippen MR) is 65.5 cm³/mol. The molecule has 2 N–H and O–H groups in total. The van der Waals surface area contributed by atoms with Crippen LogP contribution in [-0.2, 0) is 11.3 Å². The third-order valence-electron chi connectivity index (χ3n) is 3.02. The number of nitrogens with one attached hydrogen (secondary N) is 2. The Labute approximate surface area is 102 Å². The van der Waals surface area contributed by atoms with E-state index in [-0.39, 0.29) is 11.9 Å². The first-order valence-corrected chi connectivity index (χ1v) is 6.24. The molecule has 2 rings (SSSR count). The first-order chi connectivity index (χ1) is 8.22. The van der Waals surface area contributed by atoms with Crippen LogP contribution in [0.25, 0.3) is 0 Å². The summed E-state index contributed by atoms with van der Waals surface area (Å²) in [7, 11) is 0. The Morgan fingerprint density at radius 2 is 2.41 bits per heavy atom. The standard InChI is InChI=1S/C12H20N4O/c1-3-13-6-11-7-14-8-16(11)9(2)12(17)15-10-4-5-10/h7-10,13H,3-6H2,1-2H3,(H,15,17). The molecule has 1 atom stereocenters. The summed E-state index contributed by atoms with van der Waals surface area (Å²) in [6, 6.07) is 0.220. The molecule has 0 spiro atoms. The van der Waals surface area contributed by atoms with Crippen molar-refractivity contribution in [1.29, 1.82) is 0 Å². The van der Waals surface area contributed by atoms with Gasteiger partial charge in [0.05, 0.1) is 12.0 Å². The van der Waals surface area contributed by atoms with Gasteiger partial charge in [-0.15, -0.1) is 0 Å². The number of hydrogen-bond donors (Lipinski definition) is 2. The molecule has 0 saturated heterocycles. The van der Waals surface area contributed by atoms with Gasteiger partial charge in [0.15, 0.2) is 0 Å². The molecule has 5 nitrogen and oxygen atoms in total. The van der Waals surface area contributed by atoms with E-state index in [1.807, 2.05) is 17.7 Å². The van der Waals surface area contributed by atoms with Crippen molar-refractivity contribution in [2.75, 3.05) is 6.54 Å². The fraction of sp³-hybridized carbons (Fsp3) is 0.667. The van der Waals surface area contributed by atoms with Crippen molar-refractivity contribution in [3.63, 3.8) is 0 Å². The van der Waals surface area contributed by atoms with Gasteiger partial charge in [-0.3, -0.25) is 4.79 Å². The molecule has 1 aliphatic carbocycles. The fourth-order valence-electron chi connectivity index (χ4n) is 1.75. The van der Waals surface area contributed by atoms with Gasteiger partial charge in [-0.25, -0.2) is 4.98 Å². The normalized spacial score (nSPS) is 16.8. The fourth-order valence-corrected chi connectivity index (χ4v) is 1.75. The molecule has 1 amide bonds. The number of hydrogen-bond acceptors (Lipinski definition) is 3. The summed E-state index contributed by atoms with van der Waals surface area (Å²) < 4.78 is 1.93. The maximum atomic E-state index is 11.9. The molecule has 0 aliphatic heterocycles. The van der Waals surface area contributed by atoms with Gasteiger partial charge < -0.3 is 15.2 Å². The van der Waals surface area contributed by atoms with Crippen molar-refractivity contribution in [3.8, 4) is 0 Å². The lowest BCUT2D eigenvalue weighted by Gasteiger charge is -2.16. The number of imidazole rings is 1. The number of carbonyl (C=O) groups excluding carboxylic acids is 1. The lowest BCUT2D eigenvalue weighted by molar-refractivity contribution is -0.124. The van der Waals surface area contributed by atoms with Crippen LogP contribution < -0.4 is 10.6 Å². The smallest absolute Gasteiger partial charge is 0.243 e. The van der Waals surface area contributed by atoms with Crippen LogP contribution in [0, 0.1) is 0 Å². The Bertz CT molecular complexity index is 384. The minimum absolute atomic E-state index is 0.0863. The molecule has 0 aromatic carbocycles. The Kier molecular flexibility index (Phi) is 3.78. The van der Waals surface area contributed by atoms with Gasteiger partial charge in [-0.1, -0.05) is 6.92 Å². The van der Waals surface area contributed by atoms with E-state index in [0.717, 1.165) is 31.6 Å². The van der Waals surface area contributed by atoms with Gasteiger partial charge >= 0.3 is 0 Å². The Morgan fingerprint density at radius 3 is 3.06 bits per heavy atom. The Balaban J connectivity index is 1.98. The Hall–Kier alpha value is -1.36. The monoisotopic (exact) mass is 236 g/mol. The second-order valence-corrected chi connectivity index (χ2v) is 4.53. The zero-order valence-electron chi connectivity index (χ0n) is 10.4. The number of rotatable bonds is 6. The van der Waals surface area contributed by atoms with Crippen molar-refractivity contribution < 1.29 is 4.79 Å². The first kappa shape index (κ1) is 12.1. The van der Waals surface area contributed by atoms with Crippen LogP contribution in [0.15, 0.2) is 12.5 Å². The highest BCUT2D eigenvalue weighted by atomic mass is 16.2. The number of nitrogens with zero attached hydrogens (tertiary/aromatic N) is 2. The SMILES string of the molecule is CCNCc1cncn1C(C)C(=O)NC1CC1. The summed E-state index contributed by atoms with van der Waals surface area (Å²) in [5, 5.41) is 6.26. The van der Waals surface area contributed by atoms with Crippen molar-refractivity contribution in [3.05, 3.63) is 18.2 Å². The van der Waals surface area contributed by atoms with Gasteiger partial charge in [0.2, 0.25) is 5.91 Å². The van der Waals surface area contributed by atoms with Crippen molar-refractivity contribution in [1.82, 2.24) is 20.2 Å². The highest BCUT2D eigenvalue weighted by Gasteiger charge is 2.26. The van der Waals surface area contributed by atoms with E-state index in [1.165, 1.54) is 0 Å². The maximum Gasteiger partial charge on any atom is 0.243 e. The second-order valence-electron chi connectivity index (χ2n) is 4.53. The Morgan fingerprint density at radius 1 is 1.65 bits per heavy atom. The van der Waals surface area contributed by atoms with Crippen LogP contribution in [0.2, 0.25) is 0 Å². The topological polar surface area (TPSA) is 59.0 Å². The molecule has 1 fully saturated rings. The molecule has 17 heavy (non-hydrogen) atoms. The largest absolute Gasteiger partial charge is 0.352 e. The lowest BCUT2D eigenvalue weighted by atomic mass is 10.3. The lowest BCUT2D eigenvalue weighted by Crippen LogP contribution is -2.33. The van der Waals surface area contributed by atoms with Crippen LogP contribution >= 0.6 is 0 Å². The van der Waals surface area contributed by atoms with E-state index in [9.17, 15) is 4.79 Å². The molecule has 5 heteroatoms. The van der Waals surface area contributed by atoms with Crippen LogP contribution in [0.4, 0.5) is 0 Å². The predicted octanol–water partition coefficient (Wildman–Crippen LogP) is 0.832. The first-order valence-electron chi connectivity index (χ1n) is 6.24. The third-order valence-corrected chi connectivity index (χ3v) is 3.02. The van der Waals surface area contributed by atoms with E-state index >= 15 is 0 Å². The van der Waals surface area contributed by atoms with E-state index < -0.39 is 0 Å². The molecule has 1 aliphatic rings. The summed E-state index contributed by atoms with van der Waals surface area (Å²) in [6.45, 7) is 5.63. The minimum Gasteiger partial charge on any atom is -0.352 e. The van der Waals surface area contributed by atoms with E-state index in [2.05, 4.69) is 22.5 Å². The van der Waals surface area contributed by atoms with Crippen LogP contribution in [0.5, 0.6) is 0 Å². The molecule has 1 aromatic heterocycles. The summed E-state index contributed by atoms with van der Waals surface area (Å²) in [6.07, 6.45) is 5.77. The molecule has 1 unspecified atom stereocenters. The average molecular weight is 236 g/mol. The maximum absolute atomic E-state index is 11.9. The van der Waals surface area contributed by atoms with Crippen molar-refractivity contribution >= 4 is 5.91 Å². The summed E-state index contributed by atoms with van der Waals surface area (Å²) in [5.74, 6) is 0.0863. The quantitative estimate of drug-likeness (QED) is 0.769. The highest BCUT2D eigenvalue weighted by molar-refractivity contribution is 5.80. The second kappa shape index (κ2) is 5.31. The molecular formula is C12H20N4O. The molecule has 1 aromatic rings. The van der Waals surface area contributed by atoms with Gasteiger partial charge in [0.25, 0.3) is 0 Å². The van der Waals surface area contributed by atoms with Crippen molar-refractivity contribution in [2.45, 2.75) is 45.3 Å². The van der Waals surface area contributed by atoms with Crippen LogP contribution in [0.1, 0.15) is 38.4 Å². The van der Waals surface area contributed by atoms with Gasteiger partial charge in [0, 0.05) is 18.8 Å². The molecule has 94 valence electrons. The van der Waals surface area contributed by atoms with Gasteiger partial charge in [-0.05, 0) is 26.3 Å². The molecule has 1 saturated carbocycles. The van der Waals surface area contributed by atoms with Crippen LogP contribution in [-0.4, -0.2) is 28.0 Å². The number of amides is 1. The molecule has 0 bridgehead atoms. The summed E-state index contributed by atoms with van der Waals surface area (Å²) >= 11 is 0. The number of carbonyl (C=O) groups is 1. The molecular weight excluding hydrogens is 216 g/mol. The zero-order valence-corrected chi connectivity index (χ0v) is 10.4. The average Bonchev–Trinajstić information content (AvgIpc) is 3.01.